The monoisotopic (exact) mass is 458 g/mol. The summed E-state index contributed by atoms with van der Waals surface area (Å²) in [6.45, 7) is 7.86. The third-order valence-electron chi connectivity index (χ3n) is 5.70. The van der Waals surface area contributed by atoms with Crippen LogP contribution in [0, 0.1) is 5.92 Å². The van der Waals surface area contributed by atoms with Gasteiger partial charge >= 0.3 is 12.0 Å². The first-order valence-corrected chi connectivity index (χ1v) is 11.6. The van der Waals surface area contributed by atoms with Gasteiger partial charge in [-0.05, 0) is 42.2 Å². The summed E-state index contributed by atoms with van der Waals surface area (Å²) in [5.74, 6) is 0.0535. The van der Waals surface area contributed by atoms with Crippen molar-refractivity contribution in [2.75, 3.05) is 0 Å². The number of nitrogens with one attached hydrogen (secondary N) is 2. The number of benzene rings is 3. The molecule has 2 N–H and O–H groups in total. The van der Waals surface area contributed by atoms with Crippen molar-refractivity contribution < 1.29 is 19.1 Å². The number of allylic oxidation sites excluding steroid dienone is 1. The molecule has 1 atom stereocenters. The first-order valence-electron chi connectivity index (χ1n) is 11.6. The van der Waals surface area contributed by atoms with Gasteiger partial charge in [-0.25, -0.2) is 9.59 Å². The van der Waals surface area contributed by atoms with E-state index in [0.717, 1.165) is 21.9 Å². The normalized spacial score (nSPS) is 15.9. The fourth-order valence-corrected chi connectivity index (χ4v) is 4.20. The average Bonchev–Trinajstić information content (AvgIpc) is 2.81. The molecule has 6 nitrogen and oxygen atoms in total. The van der Waals surface area contributed by atoms with Crippen LogP contribution in [0.4, 0.5) is 4.79 Å². The molecular formula is C28H30N2O4. The average molecular weight is 459 g/mol. The lowest BCUT2D eigenvalue weighted by atomic mass is 9.88. The second-order valence-corrected chi connectivity index (χ2v) is 8.94. The van der Waals surface area contributed by atoms with Crippen LogP contribution in [0.1, 0.15) is 44.9 Å². The van der Waals surface area contributed by atoms with Crippen LogP contribution in [-0.2, 0) is 16.1 Å². The van der Waals surface area contributed by atoms with E-state index in [4.69, 9.17) is 9.47 Å². The van der Waals surface area contributed by atoms with Crippen molar-refractivity contribution in [3.05, 3.63) is 89.1 Å². The van der Waals surface area contributed by atoms with Crippen LogP contribution in [0.2, 0.25) is 0 Å². The largest absolute Gasteiger partial charge is 0.489 e. The van der Waals surface area contributed by atoms with Crippen LogP contribution in [-0.4, -0.2) is 18.1 Å². The van der Waals surface area contributed by atoms with Crippen molar-refractivity contribution in [2.45, 2.75) is 46.4 Å². The van der Waals surface area contributed by atoms with Crippen LogP contribution in [0.15, 0.2) is 78.0 Å². The van der Waals surface area contributed by atoms with E-state index in [1.54, 1.807) is 0 Å². The third kappa shape index (κ3) is 4.91. The highest BCUT2D eigenvalue weighted by atomic mass is 16.5. The number of carbonyl (C=O) groups is 2. The van der Waals surface area contributed by atoms with E-state index in [-0.39, 0.29) is 18.1 Å². The zero-order chi connectivity index (χ0) is 24.2. The Morgan fingerprint density at radius 3 is 2.35 bits per heavy atom. The maximum Gasteiger partial charge on any atom is 0.338 e. The lowest BCUT2D eigenvalue weighted by Crippen LogP contribution is -2.47. The lowest BCUT2D eigenvalue weighted by molar-refractivity contribution is -0.143. The molecule has 0 aromatic heterocycles. The second-order valence-electron chi connectivity index (χ2n) is 8.94. The molecule has 0 aliphatic carbocycles. The summed E-state index contributed by atoms with van der Waals surface area (Å²) in [7, 11) is 0. The summed E-state index contributed by atoms with van der Waals surface area (Å²) in [6, 6.07) is 20.6. The van der Waals surface area contributed by atoms with Gasteiger partial charge in [0.05, 0.1) is 17.7 Å². The molecule has 2 amide bonds. The molecule has 1 aliphatic heterocycles. The van der Waals surface area contributed by atoms with Crippen molar-refractivity contribution in [2.24, 2.45) is 5.92 Å². The minimum absolute atomic E-state index is 0.0908. The van der Waals surface area contributed by atoms with Gasteiger partial charge in [-0.15, -0.1) is 0 Å². The summed E-state index contributed by atoms with van der Waals surface area (Å²) in [5.41, 5.74) is 2.71. The van der Waals surface area contributed by atoms with Crippen molar-refractivity contribution in [1.82, 2.24) is 10.6 Å². The van der Waals surface area contributed by atoms with Gasteiger partial charge in [-0.1, -0.05) is 74.5 Å². The highest BCUT2D eigenvalue weighted by molar-refractivity contribution is 5.98. The summed E-state index contributed by atoms with van der Waals surface area (Å²) < 4.78 is 11.9. The van der Waals surface area contributed by atoms with E-state index in [1.807, 2.05) is 94.4 Å². The first kappa shape index (κ1) is 23.4. The number of carbonyl (C=O) groups excluding carboxylic acids is 2. The highest BCUT2D eigenvalue weighted by Crippen LogP contribution is 2.40. The molecule has 0 spiro atoms. The highest BCUT2D eigenvalue weighted by Gasteiger charge is 2.37. The predicted octanol–water partition coefficient (Wildman–Crippen LogP) is 5.63. The molecule has 176 valence electrons. The molecule has 1 heterocycles. The van der Waals surface area contributed by atoms with Crippen molar-refractivity contribution in [1.29, 1.82) is 0 Å². The van der Waals surface area contributed by atoms with Gasteiger partial charge in [0.2, 0.25) is 0 Å². The van der Waals surface area contributed by atoms with E-state index in [0.29, 0.717) is 23.6 Å². The Hall–Kier alpha value is -3.80. The Kier molecular flexibility index (Phi) is 6.87. The number of hydrogen-bond acceptors (Lipinski definition) is 4. The predicted molar refractivity (Wildman–Crippen MR) is 132 cm³/mol. The van der Waals surface area contributed by atoms with E-state index in [9.17, 15) is 9.59 Å². The first-order chi connectivity index (χ1) is 16.3. The molecule has 6 heteroatoms. The van der Waals surface area contributed by atoms with Crippen LogP contribution in [0.5, 0.6) is 5.75 Å². The van der Waals surface area contributed by atoms with Crippen LogP contribution in [0.25, 0.3) is 10.8 Å². The van der Waals surface area contributed by atoms with Gasteiger partial charge in [-0.3, -0.25) is 0 Å². The molecule has 0 fully saturated rings. The van der Waals surface area contributed by atoms with Crippen LogP contribution in [0.3, 0.4) is 0 Å². The topological polar surface area (TPSA) is 76.7 Å². The van der Waals surface area contributed by atoms with E-state index in [2.05, 4.69) is 10.6 Å². The molecular weight excluding hydrogens is 428 g/mol. The third-order valence-corrected chi connectivity index (χ3v) is 5.70. The minimum atomic E-state index is -0.728. The number of rotatable bonds is 7. The zero-order valence-corrected chi connectivity index (χ0v) is 19.9. The fraction of sp³-hybridized carbons (Fsp3) is 0.286. The number of ether oxygens (including phenoxy) is 2. The Morgan fingerprint density at radius 2 is 1.65 bits per heavy atom. The van der Waals surface area contributed by atoms with Gasteiger partial charge in [0.1, 0.15) is 12.4 Å². The Labute approximate surface area is 200 Å². The minimum Gasteiger partial charge on any atom is -0.489 e. The molecule has 1 unspecified atom stereocenters. The Bertz CT molecular complexity index is 1230. The molecule has 0 bridgehead atoms. The smallest absolute Gasteiger partial charge is 0.338 e. The summed E-state index contributed by atoms with van der Waals surface area (Å²) in [6.07, 6.45) is -0.298. The standard InChI is InChI=1S/C28H30N2O4/c1-17(2)25-24(27(31)34-18(3)4)26(30-28(32)29-25)23-21-13-9-8-12-20(21)14-15-22(23)33-16-19-10-6-5-7-11-19/h5-15,17-18,26H,16H2,1-4H3,(H2,29,30,32). The van der Waals surface area contributed by atoms with Gasteiger partial charge in [0.15, 0.2) is 0 Å². The maximum atomic E-state index is 13.3. The molecule has 4 rings (SSSR count). The number of amides is 2. The quantitative estimate of drug-likeness (QED) is 0.450. The summed E-state index contributed by atoms with van der Waals surface area (Å²) in [5, 5.41) is 7.68. The molecule has 0 radical (unpaired) electrons. The van der Waals surface area contributed by atoms with Gasteiger partial charge in [0.25, 0.3) is 0 Å². The molecule has 0 saturated heterocycles. The van der Waals surface area contributed by atoms with Gasteiger partial charge < -0.3 is 20.1 Å². The zero-order valence-electron chi connectivity index (χ0n) is 19.9. The molecule has 3 aromatic rings. The number of urea groups is 1. The fourth-order valence-electron chi connectivity index (χ4n) is 4.20. The summed E-state index contributed by atoms with van der Waals surface area (Å²) in [4.78, 5) is 26.1. The maximum absolute atomic E-state index is 13.3. The van der Waals surface area contributed by atoms with E-state index < -0.39 is 12.0 Å². The molecule has 1 aliphatic rings. The van der Waals surface area contributed by atoms with Crippen molar-refractivity contribution in [3.63, 3.8) is 0 Å². The molecule has 34 heavy (non-hydrogen) atoms. The van der Waals surface area contributed by atoms with E-state index >= 15 is 0 Å². The van der Waals surface area contributed by atoms with Gasteiger partial charge in [0, 0.05) is 11.3 Å². The van der Waals surface area contributed by atoms with Crippen molar-refractivity contribution >= 4 is 22.8 Å². The van der Waals surface area contributed by atoms with Crippen LogP contribution >= 0.6 is 0 Å². The molecule has 0 saturated carbocycles. The number of hydrogen-bond donors (Lipinski definition) is 2. The number of fused-ring (bicyclic) bond motifs is 1. The van der Waals surface area contributed by atoms with E-state index in [1.165, 1.54) is 0 Å². The van der Waals surface area contributed by atoms with Crippen LogP contribution < -0.4 is 15.4 Å². The Balaban J connectivity index is 1.88. The summed E-state index contributed by atoms with van der Waals surface area (Å²) >= 11 is 0. The lowest BCUT2D eigenvalue weighted by Gasteiger charge is -2.32. The van der Waals surface area contributed by atoms with Gasteiger partial charge in [-0.2, -0.15) is 0 Å². The molecule has 3 aromatic carbocycles. The van der Waals surface area contributed by atoms with Crippen molar-refractivity contribution in [3.8, 4) is 5.75 Å². The Morgan fingerprint density at radius 1 is 0.941 bits per heavy atom. The second kappa shape index (κ2) is 10.00. The number of esters is 1. The SMILES string of the molecule is CC(C)OC(=O)C1=C(C(C)C)NC(=O)NC1c1c(OCc2ccccc2)ccc2ccccc12.